The number of thioether (sulfide) groups is 1. The first-order valence-corrected chi connectivity index (χ1v) is 30.5. The summed E-state index contributed by atoms with van der Waals surface area (Å²) in [6, 6.07) is 4.34. The lowest BCUT2D eigenvalue weighted by Crippen LogP contribution is -2.60. The van der Waals surface area contributed by atoms with Crippen LogP contribution in [-0.4, -0.2) is 192 Å². The third-order valence-corrected chi connectivity index (χ3v) is 16.8. The Hall–Kier alpha value is -5.42. The quantitative estimate of drug-likeness (QED) is 0.0313. The fourth-order valence-corrected chi connectivity index (χ4v) is 11.7. The second kappa shape index (κ2) is 35.0. The van der Waals surface area contributed by atoms with Crippen molar-refractivity contribution >= 4 is 64.9 Å². The van der Waals surface area contributed by atoms with Gasteiger partial charge in [-0.1, -0.05) is 105 Å². The van der Waals surface area contributed by atoms with Gasteiger partial charge in [0, 0.05) is 65.2 Å². The first kappa shape index (κ1) is 70.8. The molecule has 0 aliphatic carbocycles. The molecule has 12 atom stereocenters. The van der Waals surface area contributed by atoms with Gasteiger partial charge in [0.25, 0.3) is 11.8 Å². The number of unbranched alkanes of at least 4 members (excludes halogenated alkanes) is 2. The lowest BCUT2D eigenvalue weighted by Gasteiger charge is -2.41. The topological polar surface area (TPSA) is 265 Å². The van der Waals surface area contributed by atoms with Crippen molar-refractivity contribution in [2.24, 2.45) is 29.6 Å². The monoisotopic (exact) mass is 1170 g/mol. The number of carbonyl (C=O) groups is 9. The molecule has 0 saturated carbocycles. The minimum Gasteiger partial charge on any atom is -0.386 e. The Bertz CT molecular complexity index is 2270. The molecule has 1 saturated heterocycles. The molecule has 2 aliphatic rings. The maximum Gasteiger partial charge on any atom is 0.253 e. The number of benzene rings is 1. The largest absolute Gasteiger partial charge is 0.386 e. The van der Waals surface area contributed by atoms with Crippen LogP contribution in [0.2, 0.25) is 0 Å². The van der Waals surface area contributed by atoms with E-state index in [1.54, 1.807) is 63.6 Å². The highest BCUT2D eigenvalue weighted by Crippen LogP contribution is 2.30. The van der Waals surface area contributed by atoms with Crippen molar-refractivity contribution in [2.75, 3.05) is 59.6 Å². The molecule has 6 N–H and O–H groups in total. The molecule has 22 heteroatoms. The zero-order chi connectivity index (χ0) is 61.5. The summed E-state index contributed by atoms with van der Waals surface area (Å²) in [5, 5.41) is 25.3. The van der Waals surface area contributed by atoms with Crippen LogP contribution in [0.15, 0.2) is 42.5 Å². The Morgan fingerprint density at radius 2 is 1.39 bits per heavy atom. The van der Waals surface area contributed by atoms with E-state index in [0.717, 1.165) is 4.90 Å². The van der Waals surface area contributed by atoms with Gasteiger partial charge in [-0.2, -0.15) is 0 Å². The molecular weight excluding hydrogens is 1070 g/mol. The lowest BCUT2D eigenvalue weighted by molar-refractivity contribution is -0.148. The molecule has 9 amide bonds. The van der Waals surface area contributed by atoms with E-state index in [-0.39, 0.29) is 90.3 Å². The number of hydrogen-bond acceptors (Lipinski definition) is 14. The fourth-order valence-electron chi connectivity index (χ4n) is 10.9. The summed E-state index contributed by atoms with van der Waals surface area (Å²) in [4.78, 5) is 126. The summed E-state index contributed by atoms with van der Waals surface area (Å²) in [6.45, 7) is 21.6. The van der Waals surface area contributed by atoms with Crippen LogP contribution in [0.3, 0.4) is 0 Å². The van der Waals surface area contributed by atoms with E-state index in [2.05, 4.69) is 26.6 Å². The van der Waals surface area contributed by atoms with E-state index < -0.39 is 78.3 Å². The highest BCUT2D eigenvalue weighted by Gasteiger charge is 2.44. The third-order valence-electron chi connectivity index (χ3n) is 16.0. The zero-order valence-electron chi connectivity index (χ0n) is 51.5. The molecule has 0 bridgehead atoms. The van der Waals surface area contributed by atoms with Crippen molar-refractivity contribution in [2.45, 2.75) is 188 Å². The molecule has 0 unspecified atom stereocenters. The summed E-state index contributed by atoms with van der Waals surface area (Å²) in [7, 11) is 6.61. The minimum absolute atomic E-state index is 0.0354. The Kier molecular flexibility index (Phi) is 30.2. The second-order valence-electron chi connectivity index (χ2n) is 23.2. The van der Waals surface area contributed by atoms with Gasteiger partial charge in [-0.15, -0.1) is 11.8 Å². The van der Waals surface area contributed by atoms with Crippen LogP contribution >= 0.6 is 11.8 Å². The molecule has 2 aliphatic heterocycles. The average Bonchev–Trinajstić information content (AvgIpc) is 4.05. The number of likely N-dealkylation sites (tertiary alicyclic amines) is 1. The summed E-state index contributed by atoms with van der Waals surface area (Å²) < 4.78 is 12.1. The highest BCUT2D eigenvalue weighted by molar-refractivity contribution is 7.99. The molecule has 1 aromatic carbocycles. The first-order valence-electron chi connectivity index (χ1n) is 29.4. The number of rotatable bonds is 36. The van der Waals surface area contributed by atoms with E-state index in [1.165, 1.54) is 38.1 Å². The molecule has 0 radical (unpaired) electrons. The van der Waals surface area contributed by atoms with E-state index in [9.17, 15) is 48.3 Å². The number of amides is 9. The van der Waals surface area contributed by atoms with Gasteiger partial charge in [0.05, 0.1) is 60.7 Å². The van der Waals surface area contributed by atoms with E-state index in [4.69, 9.17) is 9.47 Å². The fraction of sp³-hybridized carbons (Fsp3) is 0.717. The number of nitrogens with one attached hydrogen (secondary N) is 5. The Morgan fingerprint density at radius 3 is 1.96 bits per heavy atom. The lowest BCUT2D eigenvalue weighted by atomic mass is 9.89. The molecule has 3 rings (SSSR count). The zero-order valence-corrected chi connectivity index (χ0v) is 52.3. The predicted octanol–water partition coefficient (Wildman–Crippen LogP) is 4.18. The number of carbonyl (C=O) groups excluding carboxylic acids is 9. The van der Waals surface area contributed by atoms with Crippen LogP contribution in [0.1, 0.15) is 139 Å². The van der Waals surface area contributed by atoms with Gasteiger partial charge in [-0.25, -0.2) is 0 Å². The molecule has 0 aromatic heterocycles. The SMILES string of the molecule is CC[C@H](C)[C@@H]([C@@H](CC(=O)N1CCC[C@H]1[C@H](OC)[C@@H](C)C(=O)N[C@H](C)[C@@H](O)c1ccccc1)OC)N(C)C(=O)[C@@H](NC(=O)[C@H](C(C)C)N(C)CCSCNC(=O)[C@H](C)NC(=O)[C@@H](NC(=O)CCCCCN1C(=O)C=CC1=O)C(C)C)C(C)C. The summed E-state index contributed by atoms with van der Waals surface area (Å²) in [6.07, 6.45) is 4.03. The van der Waals surface area contributed by atoms with Crippen LogP contribution in [0.4, 0.5) is 0 Å². The van der Waals surface area contributed by atoms with Gasteiger partial charge < -0.3 is 51.0 Å². The van der Waals surface area contributed by atoms with Crippen LogP contribution in [0.5, 0.6) is 0 Å². The van der Waals surface area contributed by atoms with Gasteiger partial charge >= 0.3 is 0 Å². The van der Waals surface area contributed by atoms with Gasteiger partial charge in [-0.05, 0) is 75.8 Å². The number of imide groups is 1. The van der Waals surface area contributed by atoms with E-state index in [0.29, 0.717) is 62.9 Å². The van der Waals surface area contributed by atoms with Crippen molar-refractivity contribution in [3.63, 3.8) is 0 Å². The number of ether oxygens (including phenoxy) is 2. The molecule has 21 nitrogen and oxygen atoms in total. The van der Waals surface area contributed by atoms with Crippen LogP contribution in [0, 0.1) is 29.6 Å². The van der Waals surface area contributed by atoms with Crippen molar-refractivity contribution in [1.82, 2.24) is 46.2 Å². The van der Waals surface area contributed by atoms with Gasteiger partial charge in [0.1, 0.15) is 18.1 Å². The van der Waals surface area contributed by atoms with Crippen molar-refractivity contribution in [3.8, 4) is 0 Å². The van der Waals surface area contributed by atoms with Crippen molar-refractivity contribution < 1.29 is 57.7 Å². The molecule has 1 aromatic rings. The standard InChI is InChI=1S/C60H99N9O12S/c1-16-39(8)53(45(80-14)34-49(73)68-31-23-26-44(68)55(81-15)40(9)56(75)62-41(10)54(74)43-24-19-17-20-25-43)67(13)60(79)51(37(4)5)65-59(78)52(38(6)7)66(12)32-33-82-35-61-57(76)42(11)63-58(77)50(36(2)3)64-46(70)27-21-18-22-30-69-47(71)28-29-48(69)72/h17,19-20,24-25,28-29,36-42,44-45,50-55,74H,16,18,21-23,26-27,30-35H2,1-15H3,(H,61,76)(H,62,75)(H,63,77)(H,64,70)(H,65,78)/t39-,40+,41+,42-,44-,45+,50-,51-,52-,53-,54+,55+/m0/s1. The third kappa shape index (κ3) is 20.7. The maximum atomic E-state index is 14.7. The molecule has 1 fully saturated rings. The Labute approximate surface area is 492 Å². The summed E-state index contributed by atoms with van der Waals surface area (Å²) in [5.74, 6) is -3.68. The van der Waals surface area contributed by atoms with Crippen molar-refractivity contribution in [3.05, 3.63) is 48.0 Å². The maximum absolute atomic E-state index is 14.7. The Morgan fingerprint density at radius 1 is 0.756 bits per heavy atom. The van der Waals surface area contributed by atoms with E-state index >= 15 is 0 Å². The molecule has 2 heterocycles. The summed E-state index contributed by atoms with van der Waals surface area (Å²) in [5.41, 5.74) is 0.685. The van der Waals surface area contributed by atoms with Crippen LogP contribution < -0.4 is 26.6 Å². The Balaban J connectivity index is 1.56. The number of methoxy groups -OCH3 is 2. The smallest absolute Gasteiger partial charge is 0.253 e. The number of hydrogen-bond donors (Lipinski definition) is 6. The van der Waals surface area contributed by atoms with E-state index in [1.807, 2.05) is 71.7 Å². The van der Waals surface area contributed by atoms with Gasteiger partial charge in [0.15, 0.2) is 0 Å². The predicted molar refractivity (Wildman–Crippen MR) is 317 cm³/mol. The van der Waals surface area contributed by atoms with Crippen LogP contribution in [0.25, 0.3) is 0 Å². The number of likely N-dealkylation sites (N-methyl/N-ethyl adjacent to an activating group) is 2. The summed E-state index contributed by atoms with van der Waals surface area (Å²) >= 11 is 1.44. The van der Waals surface area contributed by atoms with Gasteiger partial charge in [0.2, 0.25) is 41.4 Å². The highest BCUT2D eigenvalue weighted by atomic mass is 32.2. The molecular formula is C60H99N9O12S. The molecule has 82 heavy (non-hydrogen) atoms. The first-order chi connectivity index (χ1) is 38.7. The normalized spacial score (nSPS) is 18.6. The number of aliphatic hydroxyl groups is 1. The number of aliphatic hydroxyl groups excluding tert-OH is 1. The second-order valence-corrected chi connectivity index (χ2v) is 24.3. The molecule has 0 spiro atoms. The van der Waals surface area contributed by atoms with Gasteiger partial charge in [-0.3, -0.25) is 53.0 Å². The average molecular weight is 1170 g/mol. The number of nitrogens with zero attached hydrogens (tertiary/aromatic N) is 4. The molecule has 462 valence electrons. The minimum atomic E-state index is -0.915. The van der Waals surface area contributed by atoms with Crippen molar-refractivity contribution in [1.29, 1.82) is 0 Å². The van der Waals surface area contributed by atoms with Crippen LogP contribution in [-0.2, 0) is 52.6 Å².